The van der Waals surface area contributed by atoms with Crippen LogP contribution in [0.4, 0.5) is 8.78 Å². The van der Waals surface area contributed by atoms with Gasteiger partial charge in [-0.1, -0.05) is 30.3 Å². The first-order valence-electron chi connectivity index (χ1n) is 10.3. The first-order valence-corrected chi connectivity index (χ1v) is 11.8. The van der Waals surface area contributed by atoms with Crippen molar-refractivity contribution in [3.8, 4) is 0 Å². The zero-order valence-corrected chi connectivity index (χ0v) is 18.5. The average molecular weight is 487 g/mol. The molecule has 34 heavy (non-hydrogen) atoms. The Morgan fingerprint density at radius 1 is 1.15 bits per heavy atom. The summed E-state index contributed by atoms with van der Waals surface area (Å²) in [6.45, 7) is -0.0909. The summed E-state index contributed by atoms with van der Waals surface area (Å²) in [7, 11) is -4.52. The molecule has 0 saturated carbocycles. The quantitative estimate of drug-likeness (QED) is 0.416. The van der Waals surface area contributed by atoms with Crippen molar-refractivity contribution < 1.29 is 31.2 Å². The number of ether oxygens (including phenoxy) is 2. The van der Waals surface area contributed by atoms with Gasteiger partial charge < -0.3 is 9.47 Å². The molecule has 1 fully saturated rings. The fraction of sp³-hybridized carbons (Fsp3) is 0.217. The van der Waals surface area contributed by atoms with E-state index in [-0.39, 0.29) is 30.0 Å². The van der Waals surface area contributed by atoms with Gasteiger partial charge in [0.15, 0.2) is 0 Å². The molecule has 3 aromatic carbocycles. The van der Waals surface area contributed by atoms with Gasteiger partial charge in [-0.2, -0.15) is 13.5 Å². The van der Waals surface area contributed by atoms with Crippen LogP contribution in [0.1, 0.15) is 11.1 Å². The number of hydrogen-bond donors (Lipinski definition) is 1. The zero-order valence-electron chi connectivity index (χ0n) is 17.6. The van der Waals surface area contributed by atoms with Crippen molar-refractivity contribution in [2.24, 2.45) is 0 Å². The Kier molecular flexibility index (Phi) is 5.64. The predicted molar refractivity (Wildman–Crippen MR) is 116 cm³/mol. The lowest BCUT2D eigenvalue weighted by Gasteiger charge is -2.29. The molecule has 0 bridgehead atoms. The number of rotatable bonds is 6. The van der Waals surface area contributed by atoms with Gasteiger partial charge in [0, 0.05) is 18.1 Å². The molecule has 0 aliphatic carbocycles. The normalized spacial score (nSPS) is 20.7. The van der Waals surface area contributed by atoms with Gasteiger partial charge in [-0.05, 0) is 34.5 Å². The highest BCUT2D eigenvalue weighted by Crippen LogP contribution is 2.39. The summed E-state index contributed by atoms with van der Waals surface area (Å²) < 4.78 is 75.9. The van der Waals surface area contributed by atoms with E-state index in [1.165, 1.54) is 29.5 Å². The Balaban J connectivity index is 1.54. The number of fused-ring (bicyclic) bond motifs is 1. The van der Waals surface area contributed by atoms with Crippen LogP contribution in [0.3, 0.4) is 0 Å². The van der Waals surface area contributed by atoms with Crippen molar-refractivity contribution in [2.45, 2.75) is 29.8 Å². The van der Waals surface area contributed by atoms with E-state index in [2.05, 4.69) is 10.1 Å². The van der Waals surface area contributed by atoms with Crippen LogP contribution in [-0.2, 0) is 38.3 Å². The summed E-state index contributed by atoms with van der Waals surface area (Å²) in [4.78, 5) is 3.64. The lowest BCUT2D eigenvalue weighted by atomic mass is 9.99. The summed E-state index contributed by atoms with van der Waals surface area (Å²) in [5.74, 6) is -3.26. The van der Waals surface area contributed by atoms with E-state index in [1.54, 1.807) is 18.2 Å². The van der Waals surface area contributed by atoms with E-state index in [9.17, 15) is 21.8 Å². The highest BCUT2D eigenvalue weighted by molar-refractivity contribution is 7.85. The smallest absolute Gasteiger partial charge is 0.294 e. The lowest BCUT2D eigenvalue weighted by molar-refractivity contribution is -0.190. The Labute approximate surface area is 193 Å². The molecule has 2 heterocycles. The zero-order chi connectivity index (χ0) is 23.9. The molecule has 4 aromatic rings. The summed E-state index contributed by atoms with van der Waals surface area (Å²) in [5, 5.41) is 5.44. The van der Waals surface area contributed by atoms with Crippen LogP contribution in [-0.4, -0.2) is 40.4 Å². The van der Waals surface area contributed by atoms with Gasteiger partial charge in [0.1, 0.15) is 30.8 Å². The number of halogens is 2. The fourth-order valence-electron chi connectivity index (χ4n) is 4.30. The van der Waals surface area contributed by atoms with Gasteiger partial charge in [0.25, 0.3) is 10.1 Å². The first kappa shape index (κ1) is 22.5. The number of aromatic nitrogens is 3. The first-order chi connectivity index (χ1) is 16.2. The highest BCUT2D eigenvalue weighted by Gasteiger charge is 2.46. The van der Waals surface area contributed by atoms with E-state index < -0.39 is 33.6 Å². The minimum Gasteiger partial charge on any atom is -0.342 e. The molecule has 1 saturated heterocycles. The van der Waals surface area contributed by atoms with Gasteiger partial charge in [0.2, 0.25) is 5.79 Å². The van der Waals surface area contributed by atoms with Crippen LogP contribution in [0.5, 0.6) is 0 Å². The highest BCUT2D eigenvalue weighted by atomic mass is 32.2. The third-order valence-corrected chi connectivity index (χ3v) is 6.68. The second-order valence-electron chi connectivity index (χ2n) is 7.96. The minimum absolute atomic E-state index is 0.0142. The standard InChI is InChI=1S/C23H19F2N3O5S/c24-16-6-7-20(21(25)9-16)23(12-28-14-26-13-27-28)32-11-17(33-23)10-19-18-4-2-1-3-15(18)5-8-22(19)34(29,30)31/h1-9,13-14,17H,10-12H2,(H,29,30,31). The minimum atomic E-state index is -4.52. The molecule has 2 unspecified atom stereocenters. The van der Waals surface area contributed by atoms with Gasteiger partial charge in [-0.3, -0.25) is 4.55 Å². The van der Waals surface area contributed by atoms with Crippen molar-refractivity contribution in [3.63, 3.8) is 0 Å². The molecule has 1 aromatic heterocycles. The van der Waals surface area contributed by atoms with Crippen LogP contribution in [0.2, 0.25) is 0 Å². The van der Waals surface area contributed by atoms with Crippen LogP contribution < -0.4 is 0 Å². The van der Waals surface area contributed by atoms with Crippen LogP contribution in [0.25, 0.3) is 10.8 Å². The molecule has 5 rings (SSSR count). The molecule has 1 aliphatic heterocycles. The Hall–Kier alpha value is -3.25. The van der Waals surface area contributed by atoms with Crippen molar-refractivity contribution >= 4 is 20.9 Å². The molecule has 1 aliphatic rings. The number of nitrogens with zero attached hydrogens (tertiary/aromatic N) is 3. The number of hydrogen-bond acceptors (Lipinski definition) is 6. The van der Waals surface area contributed by atoms with Crippen molar-refractivity contribution in [1.82, 2.24) is 14.8 Å². The molecule has 1 N–H and O–H groups in total. The van der Waals surface area contributed by atoms with Crippen molar-refractivity contribution in [1.29, 1.82) is 0 Å². The largest absolute Gasteiger partial charge is 0.342 e. The second-order valence-corrected chi connectivity index (χ2v) is 9.35. The van der Waals surface area contributed by atoms with Crippen LogP contribution in [0, 0.1) is 11.6 Å². The van der Waals surface area contributed by atoms with Gasteiger partial charge in [0.05, 0.1) is 17.6 Å². The second kappa shape index (κ2) is 8.51. The molecular weight excluding hydrogens is 468 g/mol. The van der Waals surface area contributed by atoms with Crippen LogP contribution >= 0.6 is 0 Å². The van der Waals surface area contributed by atoms with Gasteiger partial charge in [-0.15, -0.1) is 0 Å². The lowest BCUT2D eigenvalue weighted by Crippen LogP contribution is -2.35. The third-order valence-electron chi connectivity index (χ3n) is 5.74. The molecule has 11 heteroatoms. The summed E-state index contributed by atoms with van der Waals surface area (Å²) in [6.07, 6.45) is 2.05. The molecule has 0 spiro atoms. The molecule has 0 amide bonds. The third kappa shape index (κ3) is 4.18. The predicted octanol–water partition coefficient (Wildman–Crippen LogP) is 3.47. The van der Waals surface area contributed by atoms with Crippen LogP contribution in [0.15, 0.2) is 72.1 Å². The molecule has 2 atom stereocenters. The Morgan fingerprint density at radius 2 is 1.97 bits per heavy atom. The van der Waals surface area contributed by atoms with Gasteiger partial charge in [-0.25, -0.2) is 18.4 Å². The maximum absolute atomic E-state index is 14.8. The molecule has 0 radical (unpaired) electrons. The molecular formula is C23H19F2N3O5S. The van der Waals surface area contributed by atoms with E-state index in [0.717, 1.165) is 17.5 Å². The van der Waals surface area contributed by atoms with Gasteiger partial charge >= 0.3 is 0 Å². The van der Waals surface area contributed by atoms with Crippen molar-refractivity contribution in [3.05, 3.63) is 90.0 Å². The Morgan fingerprint density at radius 3 is 2.71 bits per heavy atom. The SMILES string of the molecule is O=S(=O)(O)c1ccc2ccccc2c1CC1COC(Cn2cncn2)(c2ccc(F)cc2F)O1. The topological polar surface area (TPSA) is 104 Å². The molecule has 8 nitrogen and oxygen atoms in total. The maximum atomic E-state index is 14.8. The van der Waals surface area contributed by atoms with E-state index in [0.29, 0.717) is 10.9 Å². The van der Waals surface area contributed by atoms with E-state index >= 15 is 0 Å². The van der Waals surface area contributed by atoms with E-state index in [4.69, 9.17) is 9.47 Å². The maximum Gasteiger partial charge on any atom is 0.294 e. The van der Waals surface area contributed by atoms with E-state index in [1.807, 2.05) is 12.1 Å². The summed E-state index contributed by atoms with van der Waals surface area (Å²) >= 11 is 0. The average Bonchev–Trinajstić information content (AvgIpc) is 3.44. The fourth-order valence-corrected chi connectivity index (χ4v) is 5.04. The Bertz CT molecular complexity index is 1460. The summed E-state index contributed by atoms with van der Waals surface area (Å²) in [5.41, 5.74) is 0.324. The monoisotopic (exact) mass is 487 g/mol. The number of benzene rings is 3. The van der Waals surface area contributed by atoms with Crippen molar-refractivity contribution in [2.75, 3.05) is 6.61 Å². The molecule has 176 valence electrons. The summed E-state index contributed by atoms with van der Waals surface area (Å²) in [6, 6.07) is 13.2.